The molecular formula is C8H10N2O. The molecule has 0 saturated heterocycles. The van der Waals surface area contributed by atoms with Crippen LogP contribution in [0.4, 0.5) is 6.01 Å². The summed E-state index contributed by atoms with van der Waals surface area (Å²) in [5.41, 5.74) is 0.712. The van der Waals surface area contributed by atoms with Crippen molar-refractivity contribution in [1.82, 2.24) is 4.98 Å². The zero-order valence-corrected chi connectivity index (χ0v) is 6.42. The third-order valence-electron chi connectivity index (χ3n) is 1.27. The van der Waals surface area contributed by atoms with Gasteiger partial charge in [-0.15, -0.1) is 0 Å². The lowest BCUT2D eigenvalue weighted by molar-refractivity contribution is 0.565. The third-order valence-corrected chi connectivity index (χ3v) is 1.27. The first-order valence-corrected chi connectivity index (χ1v) is 3.25. The van der Waals surface area contributed by atoms with E-state index in [9.17, 15) is 0 Å². The van der Waals surface area contributed by atoms with E-state index in [1.165, 1.54) is 0 Å². The summed E-state index contributed by atoms with van der Waals surface area (Å²) < 4.78 is 5.19. The Bertz CT molecular complexity index is 250. The summed E-state index contributed by atoms with van der Waals surface area (Å²) in [5, 5.41) is 2.78. The van der Waals surface area contributed by atoms with Crippen molar-refractivity contribution in [3.63, 3.8) is 0 Å². The minimum atomic E-state index is 0.481. The number of nitrogens with zero attached hydrogens (tertiary/aromatic N) is 1. The Balaban J connectivity index is 3.11. The number of hydrogen-bond acceptors (Lipinski definition) is 3. The standard InChI is InChI=1S/C8H10N2O/c1-4-6-7(5-2)11-8(9-3)10-6/h4-5H,1-2H2,3H3,(H,9,10). The van der Waals surface area contributed by atoms with Crippen LogP contribution in [0.3, 0.4) is 0 Å². The van der Waals surface area contributed by atoms with Crippen LogP contribution in [0.5, 0.6) is 0 Å². The van der Waals surface area contributed by atoms with Gasteiger partial charge in [0.15, 0.2) is 5.76 Å². The Kier molecular flexibility index (Phi) is 2.11. The smallest absolute Gasteiger partial charge is 0.295 e. The molecule has 1 aromatic rings. The van der Waals surface area contributed by atoms with Crippen LogP contribution in [0.25, 0.3) is 12.2 Å². The molecule has 11 heavy (non-hydrogen) atoms. The summed E-state index contributed by atoms with van der Waals surface area (Å²) in [5.74, 6) is 0.643. The van der Waals surface area contributed by atoms with Crippen LogP contribution in [-0.2, 0) is 0 Å². The average molecular weight is 150 g/mol. The van der Waals surface area contributed by atoms with Gasteiger partial charge in [0.05, 0.1) is 0 Å². The molecule has 1 rings (SSSR count). The van der Waals surface area contributed by atoms with Gasteiger partial charge < -0.3 is 9.73 Å². The molecule has 0 aliphatic heterocycles. The molecule has 0 spiro atoms. The lowest BCUT2D eigenvalue weighted by Crippen LogP contribution is -1.86. The quantitative estimate of drug-likeness (QED) is 0.716. The van der Waals surface area contributed by atoms with Crippen LogP contribution in [0.1, 0.15) is 11.5 Å². The number of aromatic nitrogens is 1. The lowest BCUT2D eigenvalue weighted by atomic mass is 10.3. The van der Waals surface area contributed by atoms with E-state index in [-0.39, 0.29) is 0 Å². The van der Waals surface area contributed by atoms with Gasteiger partial charge in [0.25, 0.3) is 6.01 Å². The van der Waals surface area contributed by atoms with Crippen molar-refractivity contribution < 1.29 is 4.42 Å². The Morgan fingerprint density at radius 2 is 2.18 bits per heavy atom. The fraction of sp³-hybridized carbons (Fsp3) is 0.125. The van der Waals surface area contributed by atoms with E-state index in [0.29, 0.717) is 17.5 Å². The molecule has 0 saturated carbocycles. The molecule has 0 fully saturated rings. The summed E-state index contributed by atoms with van der Waals surface area (Å²) >= 11 is 0. The van der Waals surface area contributed by atoms with Crippen molar-refractivity contribution in [2.75, 3.05) is 12.4 Å². The first kappa shape index (κ1) is 7.60. The van der Waals surface area contributed by atoms with E-state index in [1.54, 1.807) is 19.2 Å². The zero-order chi connectivity index (χ0) is 8.27. The predicted molar refractivity (Wildman–Crippen MR) is 46.2 cm³/mol. The van der Waals surface area contributed by atoms with Gasteiger partial charge in [0.1, 0.15) is 5.69 Å². The fourth-order valence-corrected chi connectivity index (χ4v) is 0.743. The minimum absolute atomic E-state index is 0.481. The summed E-state index contributed by atoms with van der Waals surface area (Å²) in [6, 6.07) is 0.481. The molecule has 0 aliphatic carbocycles. The van der Waals surface area contributed by atoms with Crippen molar-refractivity contribution in [2.45, 2.75) is 0 Å². The largest absolute Gasteiger partial charge is 0.424 e. The molecule has 1 aromatic heterocycles. The number of anilines is 1. The molecule has 0 bridgehead atoms. The van der Waals surface area contributed by atoms with Crippen LogP contribution in [0.15, 0.2) is 17.6 Å². The summed E-state index contributed by atoms with van der Waals surface area (Å²) in [7, 11) is 1.74. The minimum Gasteiger partial charge on any atom is -0.424 e. The van der Waals surface area contributed by atoms with Crippen LogP contribution < -0.4 is 5.32 Å². The van der Waals surface area contributed by atoms with Gasteiger partial charge in [-0.1, -0.05) is 13.2 Å². The number of oxazole rings is 1. The number of nitrogens with one attached hydrogen (secondary N) is 1. The van der Waals surface area contributed by atoms with E-state index in [4.69, 9.17) is 4.42 Å². The Morgan fingerprint density at radius 1 is 1.45 bits per heavy atom. The normalized spacial score (nSPS) is 9.18. The molecule has 0 radical (unpaired) electrons. The van der Waals surface area contributed by atoms with Gasteiger partial charge in [-0.05, 0) is 12.2 Å². The molecule has 0 amide bonds. The van der Waals surface area contributed by atoms with E-state index in [2.05, 4.69) is 23.5 Å². The predicted octanol–water partition coefficient (Wildman–Crippen LogP) is 2.00. The van der Waals surface area contributed by atoms with Gasteiger partial charge in [0.2, 0.25) is 0 Å². The molecular weight excluding hydrogens is 140 g/mol. The van der Waals surface area contributed by atoms with Crippen molar-refractivity contribution in [2.24, 2.45) is 0 Å². The van der Waals surface area contributed by atoms with Crippen molar-refractivity contribution in [3.05, 3.63) is 24.6 Å². The third kappa shape index (κ3) is 1.32. The Hall–Kier alpha value is -1.51. The lowest BCUT2D eigenvalue weighted by Gasteiger charge is -1.85. The highest BCUT2D eigenvalue weighted by atomic mass is 16.4. The van der Waals surface area contributed by atoms with Crippen molar-refractivity contribution in [1.29, 1.82) is 0 Å². The van der Waals surface area contributed by atoms with Gasteiger partial charge in [0, 0.05) is 7.05 Å². The summed E-state index contributed by atoms with van der Waals surface area (Å²) in [6.45, 7) is 7.17. The molecule has 58 valence electrons. The van der Waals surface area contributed by atoms with Crippen molar-refractivity contribution >= 4 is 18.2 Å². The molecule has 0 unspecified atom stereocenters. The number of rotatable bonds is 3. The van der Waals surface area contributed by atoms with E-state index < -0.39 is 0 Å². The fourth-order valence-electron chi connectivity index (χ4n) is 0.743. The monoisotopic (exact) mass is 150 g/mol. The van der Waals surface area contributed by atoms with Crippen LogP contribution >= 0.6 is 0 Å². The molecule has 0 atom stereocenters. The first-order chi connectivity index (χ1) is 5.31. The molecule has 0 aromatic carbocycles. The molecule has 1 N–H and O–H groups in total. The zero-order valence-electron chi connectivity index (χ0n) is 6.42. The SMILES string of the molecule is C=Cc1nc(NC)oc1C=C. The van der Waals surface area contributed by atoms with Gasteiger partial charge in [-0.25, -0.2) is 0 Å². The second-order valence-corrected chi connectivity index (χ2v) is 1.93. The second-order valence-electron chi connectivity index (χ2n) is 1.93. The maximum Gasteiger partial charge on any atom is 0.295 e. The topological polar surface area (TPSA) is 38.1 Å². The number of hydrogen-bond donors (Lipinski definition) is 1. The molecule has 1 heterocycles. The van der Waals surface area contributed by atoms with E-state index in [1.807, 2.05) is 0 Å². The van der Waals surface area contributed by atoms with Gasteiger partial charge in [-0.3, -0.25) is 0 Å². The first-order valence-electron chi connectivity index (χ1n) is 3.25. The van der Waals surface area contributed by atoms with Crippen LogP contribution in [0, 0.1) is 0 Å². The van der Waals surface area contributed by atoms with Crippen LogP contribution in [0.2, 0.25) is 0 Å². The second kappa shape index (κ2) is 3.05. The van der Waals surface area contributed by atoms with Gasteiger partial charge in [-0.2, -0.15) is 4.98 Å². The van der Waals surface area contributed by atoms with Gasteiger partial charge >= 0.3 is 0 Å². The average Bonchev–Trinajstić information content (AvgIpc) is 2.46. The Morgan fingerprint density at radius 3 is 2.55 bits per heavy atom. The van der Waals surface area contributed by atoms with E-state index in [0.717, 1.165) is 0 Å². The molecule has 3 heteroatoms. The highest BCUT2D eigenvalue weighted by Crippen LogP contribution is 2.16. The molecule has 0 aliphatic rings. The highest BCUT2D eigenvalue weighted by molar-refractivity contribution is 5.57. The van der Waals surface area contributed by atoms with Crippen LogP contribution in [-0.4, -0.2) is 12.0 Å². The maximum absolute atomic E-state index is 5.19. The highest BCUT2D eigenvalue weighted by Gasteiger charge is 2.04. The summed E-state index contributed by atoms with van der Waals surface area (Å²) in [4.78, 5) is 4.05. The van der Waals surface area contributed by atoms with E-state index >= 15 is 0 Å². The maximum atomic E-state index is 5.19. The Labute approximate surface area is 65.4 Å². The van der Waals surface area contributed by atoms with Crippen molar-refractivity contribution in [3.8, 4) is 0 Å². The molecule has 3 nitrogen and oxygen atoms in total. The summed E-state index contributed by atoms with van der Waals surface area (Å²) in [6.07, 6.45) is 3.23.